The minimum atomic E-state index is -1.09. The molecule has 0 saturated carbocycles. The molecule has 0 aromatic heterocycles. The quantitative estimate of drug-likeness (QED) is 0.606. The molecule has 1 saturated heterocycles. The van der Waals surface area contributed by atoms with Gasteiger partial charge in [-0.2, -0.15) is 0 Å². The van der Waals surface area contributed by atoms with E-state index < -0.39 is 18.3 Å². The molecule has 7 heteroatoms. The largest absolute Gasteiger partial charge is 0.389 e. The third-order valence-corrected chi connectivity index (χ3v) is 5.97. The Morgan fingerprint density at radius 3 is 2.42 bits per heavy atom. The van der Waals surface area contributed by atoms with Gasteiger partial charge in [0.2, 0.25) is 0 Å². The van der Waals surface area contributed by atoms with Gasteiger partial charge in [-0.05, 0) is 12.1 Å². The van der Waals surface area contributed by atoms with Crippen LogP contribution in [0.5, 0.6) is 0 Å². The molecule has 4 nitrogen and oxygen atoms in total. The van der Waals surface area contributed by atoms with Crippen molar-refractivity contribution in [2.75, 3.05) is 5.75 Å². The van der Waals surface area contributed by atoms with E-state index in [9.17, 15) is 15.3 Å². The Balaban J connectivity index is 2.03. The minimum Gasteiger partial charge on any atom is -0.389 e. The van der Waals surface area contributed by atoms with Gasteiger partial charge in [-0.1, -0.05) is 24.4 Å². The second kappa shape index (κ2) is 6.43. The number of benzene rings is 1. The van der Waals surface area contributed by atoms with Gasteiger partial charge in [0.15, 0.2) is 0 Å². The molecule has 5 N–H and O–H groups in total. The molecular formula is C12H15NO3S3. The van der Waals surface area contributed by atoms with E-state index in [1.54, 1.807) is 0 Å². The number of rotatable bonds is 3. The van der Waals surface area contributed by atoms with Crippen LogP contribution in [0.1, 0.15) is 5.56 Å². The van der Waals surface area contributed by atoms with Gasteiger partial charge in [0.1, 0.15) is 17.2 Å². The lowest BCUT2D eigenvalue weighted by Crippen LogP contribution is -2.47. The minimum absolute atomic E-state index is 0.200. The summed E-state index contributed by atoms with van der Waals surface area (Å²) in [4.78, 5) is 1.31. The standard InChI is InChI=1S/C12H15NO3S3/c13-11(17)6-1-3-7(4-2-6)19-12-10(16)9(15)8(14)5-18-12/h1-4,8-10,12,14-16H,5H2,(H2,13,17)/t8-,9+,10-,12+/m1/s1. The maximum absolute atomic E-state index is 9.92. The molecule has 104 valence electrons. The van der Waals surface area contributed by atoms with Crippen LogP contribution in [-0.2, 0) is 0 Å². The zero-order valence-electron chi connectivity index (χ0n) is 9.97. The Morgan fingerprint density at radius 2 is 1.84 bits per heavy atom. The number of aliphatic hydroxyl groups is 3. The van der Waals surface area contributed by atoms with Gasteiger partial charge in [0.25, 0.3) is 0 Å². The van der Waals surface area contributed by atoms with E-state index in [0.29, 0.717) is 10.7 Å². The maximum atomic E-state index is 9.92. The molecule has 0 spiro atoms. The molecule has 0 amide bonds. The summed E-state index contributed by atoms with van der Waals surface area (Å²) >= 11 is 7.78. The molecule has 1 aromatic rings. The third kappa shape index (κ3) is 3.62. The molecule has 0 unspecified atom stereocenters. The van der Waals surface area contributed by atoms with Crippen LogP contribution in [0, 0.1) is 0 Å². The molecule has 1 fully saturated rings. The molecule has 19 heavy (non-hydrogen) atoms. The van der Waals surface area contributed by atoms with E-state index in [1.165, 1.54) is 23.5 Å². The van der Waals surface area contributed by atoms with Gasteiger partial charge in [-0.15, -0.1) is 23.5 Å². The van der Waals surface area contributed by atoms with E-state index in [-0.39, 0.29) is 4.58 Å². The summed E-state index contributed by atoms with van der Waals surface area (Å²) in [5, 5.41) is 29.0. The Morgan fingerprint density at radius 1 is 1.21 bits per heavy atom. The topological polar surface area (TPSA) is 86.7 Å². The molecule has 1 aliphatic rings. The molecule has 0 aliphatic carbocycles. The number of nitrogens with two attached hydrogens (primary N) is 1. The van der Waals surface area contributed by atoms with Crippen LogP contribution in [0.15, 0.2) is 29.2 Å². The lowest BCUT2D eigenvalue weighted by atomic mass is 10.1. The predicted molar refractivity (Wildman–Crippen MR) is 82.5 cm³/mol. The average molecular weight is 317 g/mol. The first-order chi connectivity index (χ1) is 8.99. The van der Waals surface area contributed by atoms with Gasteiger partial charge in [-0.3, -0.25) is 0 Å². The second-order valence-corrected chi connectivity index (χ2v) is 7.38. The van der Waals surface area contributed by atoms with Crippen LogP contribution in [0.25, 0.3) is 0 Å². The SMILES string of the molecule is NC(=S)c1ccc(S[C@@H]2SC[C@@H](O)[C@H](O)[C@H]2O)cc1. The molecule has 0 bridgehead atoms. The Hall–Kier alpha value is -0.310. The van der Waals surface area contributed by atoms with Crippen molar-refractivity contribution in [1.29, 1.82) is 0 Å². The van der Waals surface area contributed by atoms with Gasteiger partial charge in [0.05, 0.1) is 10.7 Å². The van der Waals surface area contributed by atoms with Crippen LogP contribution >= 0.6 is 35.7 Å². The van der Waals surface area contributed by atoms with Gasteiger partial charge < -0.3 is 21.1 Å². The summed E-state index contributed by atoms with van der Waals surface area (Å²) in [6.07, 6.45) is -2.91. The number of hydrogen-bond donors (Lipinski definition) is 4. The van der Waals surface area contributed by atoms with E-state index >= 15 is 0 Å². The highest BCUT2D eigenvalue weighted by Gasteiger charge is 2.37. The van der Waals surface area contributed by atoms with Crippen LogP contribution in [0.4, 0.5) is 0 Å². The van der Waals surface area contributed by atoms with E-state index in [2.05, 4.69) is 0 Å². The van der Waals surface area contributed by atoms with E-state index in [1.807, 2.05) is 24.3 Å². The number of hydrogen-bond acceptors (Lipinski definition) is 6. The second-order valence-electron chi connectivity index (χ2n) is 4.26. The summed E-state index contributed by atoms with van der Waals surface area (Å²) in [5.41, 5.74) is 6.32. The zero-order chi connectivity index (χ0) is 14.0. The summed E-state index contributed by atoms with van der Waals surface area (Å²) in [6.45, 7) is 0. The first kappa shape index (κ1) is 15.1. The molecule has 1 heterocycles. The van der Waals surface area contributed by atoms with Crippen LogP contribution in [0.3, 0.4) is 0 Å². The average Bonchev–Trinajstić information content (AvgIpc) is 2.40. The zero-order valence-corrected chi connectivity index (χ0v) is 12.4. The molecular weight excluding hydrogens is 302 g/mol. The fraction of sp³-hybridized carbons (Fsp3) is 0.417. The smallest absolute Gasteiger partial charge is 0.108 e. The monoisotopic (exact) mass is 317 g/mol. The summed E-state index contributed by atoms with van der Waals surface area (Å²) in [6, 6.07) is 7.42. The summed E-state index contributed by atoms with van der Waals surface area (Å²) < 4.78 is -0.200. The first-order valence-corrected chi connectivity index (χ1v) is 8.05. The fourth-order valence-electron chi connectivity index (χ4n) is 1.71. The van der Waals surface area contributed by atoms with Crippen molar-refractivity contribution < 1.29 is 15.3 Å². The summed E-state index contributed by atoms with van der Waals surface area (Å²) in [7, 11) is 0. The number of thioether (sulfide) groups is 2. The normalized spacial score (nSPS) is 31.1. The van der Waals surface area contributed by atoms with Crippen LogP contribution in [0.2, 0.25) is 0 Å². The highest BCUT2D eigenvalue weighted by molar-refractivity contribution is 8.17. The number of aliphatic hydroxyl groups excluding tert-OH is 3. The Bertz CT molecular complexity index is 454. The molecule has 1 aromatic carbocycles. The third-order valence-electron chi connectivity index (χ3n) is 2.85. The summed E-state index contributed by atoms with van der Waals surface area (Å²) in [5.74, 6) is 0.418. The van der Waals surface area contributed by atoms with Crippen LogP contribution < -0.4 is 5.73 Å². The highest BCUT2D eigenvalue weighted by Crippen LogP contribution is 2.38. The van der Waals surface area contributed by atoms with Crippen molar-refractivity contribution in [3.63, 3.8) is 0 Å². The highest BCUT2D eigenvalue weighted by atomic mass is 32.2. The van der Waals surface area contributed by atoms with Gasteiger partial charge in [-0.25, -0.2) is 0 Å². The fourth-order valence-corrected chi connectivity index (χ4v) is 4.50. The van der Waals surface area contributed by atoms with Crippen LogP contribution in [-0.4, -0.2) is 49.0 Å². The van der Waals surface area contributed by atoms with Crippen molar-refractivity contribution in [3.8, 4) is 0 Å². The molecule has 2 rings (SSSR count). The Labute approximate surface area is 125 Å². The van der Waals surface area contributed by atoms with Crippen molar-refractivity contribution in [2.24, 2.45) is 5.73 Å². The number of thiocarbonyl (C=S) groups is 1. The van der Waals surface area contributed by atoms with Crippen molar-refractivity contribution in [1.82, 2.24) is 0 Å². The van der Waals surface area contributed by atoms with Gasteiger partial charge >= 0.3 is 0 Å². The van der Waals surface area contributed by atoms with E-state index in [0.717, 1.165) is 10.5 Å². The lowest BCUT2D eigenvalue weighted by Gasteiger charge is -2.34. The molecule has 1 aliphatic heterocycles. The molecule has 4 atom stereocenters. The predicted octanol–water partition coefficient (Wildman–Crippen LogP) is 0.569. The van der Waals surface area contributed by atoms with Crippen molar-refractivity contribution in [2.45, 2.75) is 27.8 Å². The molecule has 0 radical (unpaired) electrons. The van der Waals surface area contributed by atoms with E-state index in [4.69, 9.17) is 18.0 Å². The van der Waals surface area contributed by atoms with Gasteiger partial charge in [0, 0.05) is 16.2 Å². The first-order valence-electron chi connectivity index (χ1n) is 5.71. The Kier molecular flexibility index (Phi) is 5.10. The van der Waals surface area contributed by atoms with Crippen molar-refractivity contribution >= 4 is 40.7 Å². The van der Waals surface area contributed by atoms with Crippen molar-refractivity contribution in [3.05, 3.63) is 29.8 Å². The lowest BCUT2D eigenvalue weighted by molar-refractivity contribution is -0.0474. The maximum Gasteiger partial charge on any atom is 0.108 e.